The van der Waals surface area contributed by atoms with E-state index in [-0.39, 0.29) is 0 Å². The summed E-state index contributed by atoms with van der Waals surface area (Å²) >= 11 is 2.19. The number of hydrogen-bond acceptors (Lipinski definition) is 2. The quantitative estimate of drug-likeness (QED) is 0.835. The Labute approximate surface area is 96.4 Å². The smallest absolute Gasteiger partial charge is 0.323 e. The van der Waals surface area contributed by atoms with Crippen LogP contribution in [0.15, 0.2) is 24.3 Å². The number of carboxylic acids is 1. The van der Waals surface area contributed by atoms with Gasteiger partial charge in [-0.15, -0.1) is 0 Å². The predicted octanol–water partition coefficient (Wildman–Crippen LogP) is 1.64. The van der Waals surface area contributed by atoms with Crippen LogP contribution in [0, 0.1) is 3.57 Å². The number of nitrogens with two attached hydrogens (primary N) is 1. The van der Waals surface area contributed by atoms with Crippen LogP contribution in [0.2, 0.25) is 0 Å². The largest absolute Gasteiger partial charge is 0.480 e. The zero-order valence-corrected chi connectivity index (χ0v) is 9.98. The van der Waals surface area contributed by atoms with Crippen molar-refractivity contribution in [1.82, 2.24) is 0 Å². The summed E-state index contributed by atoms with van der Waals surface area (Å²) in [7, 11) is 0. The SMILES string of the molecule is C[C@](N)(Cc1cccc(I)c1)C(=O)O. The van der Waals surface area contributed by atoms with Gasteiger partial charge in [0.15, 0.2) is 0 Å². The Morgan fingerprint density at radius 2 is 2.29 bits per heavy atom. The molecule has 0 fully saturated rings. The second kappa shape index (κ2) is 4.27. The fourth-order valence-electron chi connectivity index (χ4n) is 1.15. The molecular weight excluding hydrogens is 293 g/mol. The van der Waals surface area contributed by atoms with Crippen molar-refractivity contribution in [2.75, 3.05) is 0 Å². The molecule has 0 aliphatic carbocycles. The first-order chi connectivity index (χ1) is 6.42. The third-order valence-corrected chi connectivity index (χ3v) is 2.62. The van der Waals surface area contributed by atoms with Gasteiger partial charge in [0.2, 0.25) is 0 Å². The maximum Gasteiger partial charge on any atom is 0.323 e. The number of hydrogen-bond donors (Lipinski definition) is 2. The van der Waals surface area contributed by atoms with Gasteiger partial charge in [-0.2, -0.15) is 0 Å². The predicted molar refractivity (Wildman–Crippen MR) is 63.1 cm³/mol. The number of benzene rings is 1. The lowest BCUT2D eigenvalue weighted by atomic mass is 9.94. The molecule has 4 heteroatoms. The van der Waals surface area contributed by atoms with Gasteiger partial charge in [-0.25, -0.2) is 0 Å². The fraction of sp³-hybridized carbons (Fsp3) is 0.300. The number of carbonyl (C=O) groups is 1. The molecule has 1 rings (SSSR count). The number of halogens is 1. The molecule has 0 aromatic heterocycles. The molecule has 1 aromatic rings. The van der Waals surface area contributed by atoms with Gasteiger partial charge in [-0.1, -0.05) is 12.1 Å². The van der Waals surface area contributed by atoms with Gasteiger partial charge in [0.25, 0.3) is 0 Å². The lowest BCUT2D eigenvalue weighted by Crippen LogP contribution is -2.46. The number of aliphatic carboxylic acids is 1. The highest BCUT2D eigenvalue weighted by Gasteiger charge is 2.27. The summed E-state index contributed by atoms with van der Waals surface area (Å²) < 4.78 is 1.08. The van der Waals surface area contributed by atoms with Crippen LogP contribution in [0.4, 0.5) is 0 Å². The van der Waals surface area contributed by atoms with Crippen molar-refractivity contribution in [2.45, 2.75) is 18.9 Å². The van der Waals surface area contributed by atoms with Crippen LogP contribution < -0.4 is 5.73 Å². The van der Waals surface area contributed by atoms with E-state index in [1.54, 1.807) is 0 Å². The molecule has 1 aromatic carbocycles. The Bertz CT molecular complexity index is 350. The van der Waals surface area contributed by atoms with E-state index in [0.717, 1.165) is 9.13 Å². The van der Waals surface area contributed by atoms with Crippen molar-refractivity contribution in [3.8, 4) is 0 Å². The molecular formula is C10H12INO2. The van der Waals surface area contributed by atoms with Crippen LogP contribution in [0.1, 0.15) is 12.5 Å². The molecule has 0 unspecified atom stereocenters. The second-order valence-electron chi connectivity index (χ2n) is 3.53. The van der Waals surface area contributed by atoms with Crippen LogP contribution in [0.25, 0.3) is 0 Å². The van der Waals surface area contributed by atoms with Gasteiger partial charge in [0.05, 0.1) is 0 Å². The highest BCUT2D eigenvalue weighted by atomic mass is 127. The van der Waals surface area contributed by atoms with Gasteiger partial charge in [-0.05, 0) is 47.2 Å². The lowest BCUT2D eigenvalue weighted by molar-refractivity contribution is -0.142. The summed E-state index contributed by atoms with van der Waals surface area (Å²) in [4.78, 5) is 10.8. The van der Waals surface area contributed by atoms with E-state index in [1.165, 1.54) is 6.92 Å². The lowest BCUT2D eigenvalue weighted by Gasteiger charge is -2.18. The molecule has 0 bridgehead atoms. The van der Waals surface area contributed by atoms with Crippen LogP contribution in [0.3, 0.4) is 0 Å². The van der Waals surface area contributed by atoms with Crippen molar-refractivity contribution in [3.05, 3.63) is 33.4 Å². The third kappa shape index (κ3) is 2.95. The highest BCUT2D eigenvalue weighted by molar-refractivity contribution is 14.1. The Balaban J connectivity index is 2.83. The summed E-state index contributed by atoms with van der Waals surface area (Å²) in [5.41, 5.74) is 5.40. The van der Waals surface area contributed by atoms with Crippen LogP contribution in [-0.2, 0) is 11.2 Å². The standard InChI is InChI=1S/C10H12INO2/c1-10(12,9(13)14)6-7-3-2-4-8(11)5-7/h2-5H,6,12H2,1H3,(H,13,14)/t10-/m0/s1. The molecule has 0 heterocycles. The molecule has 3 nitrogen and oxygen atoms in total. The molecule has 14 heavy (non-hydrogen) atoms. The van der Waals surface area contributed by atoms with E-state index in [1.807, 2.05) is 24.3 Å². The maximum absolute atomic E-state index is 10.8. The van der Waals surface area contributed by atoms with Gasteiger partial charge in [0, 0.05) is 9.99 Å². The molecule has 0 saturated heterocycles. The van der Waals surface area contributed by atoms with Crippen molar-refractivity contribution in [2.24, 2.45) is 5.73 Å². The van der Waals surface area contributed by atoms with Crippen LogP contribution in [0.5, 0.6) is 0 Å². The first-order valence-corrected chi connectivity index (χ1v) is 5.26. The van der Waals surface area contributed by atoms with Gasteiger partial charge >= 0.3 is 5.97 Å². The van der Waals surface area contributed by atoms with Crippen LogP contribution >= 0.6 is 22.6 Å². The minimum atomic E-state index is -1.19. The molecule has 76 valence electrons. The van der Waals surface area contributed by atoms with Gasteiger partial charge < -0.3 is 10.8 Å². The summed E-state index contributed by atoms with van der Waals surface area (Å²) in [6.07, 6.45) is 0.346. The molecule has 0 radical (unpaired) electrons. The second-order valence-corrected chi connectivity index (χ2v) is 4.77. The molecule has 3 N–H and O–H groups in total. The number of rotatable bonds is 3. The summed E-state index contributed by atoms with van der Waals surface area (Å²) in [5.74, 6) is -0.976. The van der Waals surface area contributed by atoms with E-state index in [0.29, 0.717) is 6.42 Å². The molecule has 0 aliphatic rings. The zero-order valence-electron chi connectivity index (χ0n) is 7.83. The summed E-state index contributed by atoms with van der Waals surface area (Å²) in [6.45, 7) is 1.52. The van der Waals surface area contributed by atoms with E-state index in [4.69, 9.17) is 10.8 Å². The van der Waals surface area contributed by atoms with Gasteiger partial charge in [0.1, 0.15) is 5.54 Å². The normalized spacial score (nSPS) is 14.8. The first kappa shape index (κ1) is 11.5. The molecule has 0 amide bonds. The molecule has 0 spiro atoms. The van der Waals surface area contributed by atoms with Gasteiger partial charge in [-0.3, -0.25) is 4.79 Å². The Morgan fingerprint density at radius 3 is 2.79 bits per heavy atom. The topological polar surface area (TPSA) is 63.3 Å². The molecule has 1 atom stereocenters. The minimum absolute atomic E-state index is 0.346. The van der Waals surface area contributed by atoms with E-state index < -0.39 is 11.5 Å². The van der Waals surface area contributed by atoms with Crippen LogP contribution in [-0.4, -0.2) is 16.6 Å². The molecule has 0 saturated carbocycles. The van der Waals surface area contributed by atoms with E-state index >= 15 is 0 Å². The Hall–Kier alpha value is -0.620. The maximum atomic E-state index is 10.8. The average Bonchev–Trinajstić information content (AvgIpc) is 2.02. The van der Waals surface area contributed by atoms with Crippen molar-refractivity contribution in [1.29, 1.82) is 0 Å². The molecule has 0 aliphatic heterocycles. The highest BCUT2D eigenvalue weighted by Crippen LogP contribution is 2.13. The summed E-state index contributed by atoms with van der Waals surface area (Å²) in [6, 6.07) is 7.68. The van der Waals surface area contributed by atoms with E-state index in [9.17, 15) is 4.79 Å². The Morgan fingerprint density at radius 1 is 1.64 bits per heavy atom. The number of carboxylic acid groups (broad SMARTS) is 1. The van der Waals surface area contributed by atoms with E-state index in [2.05, 4.69) is 22.6 Å². The minimum Gasteiger partial charge on any atom is -0.480 e. The monoisotopic (exact) mass is 305 g/mol. The third-order valence-electron chi connectivity index (χ3n) is 1.95. The average molecular weight is 305 g/mol. The van der Waals surface area contributed by atoms with Crippen molar-refractivity contribution in [3.63, 3.8) is 0 Å². The van der Waals surface area contributed by atoms with Crippen molar-refractivity contribution < 1.29 is 9.90 Å². The Kier molecular flexibility index (Phi) is 3.49. The fourth-order valence-corrected chi connectivity index (χ4v) is 1.75. The first-order valence-electron chi connectivity index (χ1n) is 4.18. The summed E-state index contributed by atoms with van der Waals surface area (Å²) in [5, 5.41) is 8.84. The zero-order chi connectivity index (χ0) is 10.8. The van der Waals surface area contributed by atoms with Crippen molar-refractivity contribution >= 4 is 28.6 Å².